The fraction of sp³-hybridized carbons (Fsp3) is 0.600. The summed E-state index contributed by atoms with van der Waals surface area (Å²) in [5, 5.41) is 3.02. The van der Waals surface area contributed by atoms with Crippen LogP contribution in [-0.2, 0) is 16.1 Å². The summed E-state index contributed by atoms with van der Waals surface area (Å²) in [5.41, 5.74) is 0.960. The first-order valence-corrected chi connectivity index (χ1v) is 9.51. The van der Waals surface area contributed by atoms with E-state index in [1.54, 1.807) is 0 Å². The molecule has 0 bridgehead atoms. The number of piperazine rings is 2. The molecule has 2 aliphatic heterocycles. The fourth-order valence-corrected chi connectivity index (χ4v) is 4.17. The van der Waals surface area contributed by atoms with Gasteiger partial charge in [0.1, 0.15) is 6.61 Å². The second-order valence-electron chi connectivity index (χ2n) is 7.96. The number of methoxy groups -OCH3 is 1. The summed E-state index contributed by atoms with van der Waals surface area (Å²) < 4.78 is 4.99. The van der Waals surface area contributed by atoms with E-state index in [9.17, 15) is 9.59 Å². The molecule has 0 aliphatic carbocycles. The molecule has 2 fully saturated rings. The molecule has 27 heavy (non-hydrogen) atoms. The Hall–Kier alpha value is -2.12. The van der Waals surface area contributed by atoms with Gasteiger partial charge in [-0.25, -0.2) is 4.79 Å². The molecule has 0 spiro atoms. The van der Waals surface area contributed by atoms with E-state index in [0.29, 0.717) is 32.7 Å². The number of hydrogen-bond donors (Lipinski definition) is 1. The zero-order chi connectivity index (χ0) is 19.4. The third kappa shape index (κ3) is 4.59. The Bertz CT molecular complexity index is 664. The largest absolute Gasteiger partial charge is 0.375 e. The highest BCUT2D eigenvalue weighted by Gasteiger charge is 2.44. The number of fused-ring (bicyclic) bond motifs is 1. The van der Waals surface area contributed by atoms with Gasteiger partial charge in [-0.2, -0.15) is 0 Å². The normalized spacial score (nSPS) is 22.3. The van der Waals surface area contributed by atoms with E-state index in [1.807, 2.05) is 40.1 Å². The molecular formula is C20H30N4O3. The molecule has 1 aromatic rings. The predicted octanol–water partition coefficient (Wildman–Crippen LogP) is 1.15. The van der Waals surface area contributed by atoms with E-state index in [1.165, 1.54) is 7.11 Å². The Labute approximate surface area is 161 Å². The monoisotopic (exact) mass is 374 g/mol. The van der Waals surface area contributed by atoms with Crippen LogP contribution in [0.2, 0.25) is 0 Å². The van der Waals surface area contributed by atoms with Gasteiger partial charge in [0.15, 0.2) is 0 Å². The van der Waals surface area contributed by atoms with Gasteiger partial charge in [-0.3, -0.25) is 9.69 Å². The molecule has 0 aromatic heterocycles. The average Bonchev–Trinajstić information content (AvgIpc) is 2.66. The van der Waals surface area contributed by atoms with Gasteiger partial charge in [0.2, 0.25) is 5.91 Å². The summed E-state index contributed by atoms with van der Waals surface area (Å²) in [5.74, 6) is 0.0145. The summed E-state index contributed by atoms with van der Waals surface area (Å²) in [6.07, 6.45) is 0. The van der Waals surface area contributed by atoms with E-state index in [0.717, 1.165) is 12.1 Å². The van der Waals surface area contributed by atoms with Crippen LogP contribution in [0.1, 0.15) is 19.4 Å². The van der Waals surface area contributed by atoms with Crippen molar-refractivity contribution in [2.24, 2.45) is 0 Å². The zero-order valence-electron chi connectivity index (χ0n) is 16.5. The summed E-state index contributed by atoms with van der Waals surface area (Å²) in [6, 6.07) is 10.0. The molecule has 1 N–H and O–H groups in total. The van der Waals surface area contributed by atoms with Crippen molar-refractivity contribution >= 4 is 11.9 Å². The molecular weight excluding hydrogens is 344 g/mol. The number of carbonyl (C=O) groups excluding carboxylic acids is 2. The maximum Gasteiger partial charge on any atom is 0.317 e. The van der Waals surface area contributed by atoms with Crippen LogP contribution in [0.3, 0.4) is 0 Å². The van der Waals surface area contributed by atoms with Crippen molar-refractivity contribution in [3.8, 4) is 0 Å². The summed E-state index contributed by atoms with van der Waals surface area (Å²) in [4.78, 5) is 31.1. The first-order chi connectivity index (χ1) is 12.9. The molecule has 2 heterocycles. The molecule has 2 aliphatic rings. The number of amides is 3. The Balaban J connectivity index is 1.62. The van der Waals surface area contributed by atoms with Crippen LogP contribution in [0.15, 0.2) is 30.3 Å². The molecule has 0 saturated carbocycles. The second-order valence-corrected chi connectivity index (χ2v) is 7.96. The van der Waals surface area contributed by atoms with Crippen molar-refractivity contribution in [1.29, 1.82) is 0 Å². The van der Waals surface area contributed by atoms with Gasteiger partial charge in [0, 0.05) is 58.0 Å². The maximum atomic E-state index is 12.7. The number of ether oxygens (including phenoxy) is 1. The average molecular weight is 374 g/mol. The highest BCUT2D eigenvalue weighted by Crippen LogP contribution is 2.28. The molecule has 1 aromatic carbocycles. The molecule has 148 valence electrons. The first kappa shape index (κ1) is 19.6. The van der Waals surface area contributed by atoms with Crippen LogP contribution in [0, 0.1) is 0 Å². The number of hydrogen-bond acceptors (Lipinski definition) is 4. The number of nitrogens with zero attached hydrogens (tertiary/aromatic N) is 3. The van der Waals surface area contributed by atoms with Gasteiger partial charge in [-0.15, -0.1) is 0 Å². The minimum absolute atomic E-state index is 0.0145. The predicted molar refractivity (Wildman–Crippen MR) is 103 cm³/mol. The third-order valence-corrected chi connectivity index (χ3v) is 5.46. The lowest BCUT2D eigenvalue weighted by Crippen LogP contribution is -2.71. The highest BCUT2D eigenvalue weighted by molar-refractivity contribution is 5.77. The zero-order valence-corrected chi connectivity index (χ0v) is 16.5. The quantitative estimate of drug-likeness (QED) is 0.859. The van der Waals surface area contributed by atoms with E-state index in [-0.39, 0.29) is 30.1 Å². The van der Waals surface area contributed by atoms with Crippen LogP contribution in [0.5, 0.6) is 0 Å². The molecule has 1 unspecified atom stereocenters. The smallest absolute Gasteiger partial charge is 0.317 e. The van der Waals surface area contributed by atoms with Crippen molar-refractivity contribution in [1.82, 2.24) is 20.0 Å². The molecule has 3 amide bonds. The molecule has 1 atom stereocenters. The number of rotatable bonds is 4. The van der Waals surface area contributed by atoms with Gasteiger partial charge >= 0.3 is 6.03 Å². The topological polar surface area (TPSA) is 65.1 Å². The van der Waals surface area contributed by atoms with Crippen LogP contribution in [-0.4, -0.2) is 84.7 Å². The third-order valence-electron chi connectivity index (χ3n) is 5.46. The maximum absolute atomic E-state index is 12.7. The van der Waals surface area contributed by atoms with Crippen molar-refractivity contribution in [2.75, 3.05) is 46.4 Å². The molecule has 3 rings (SSSR count). The lowest BCUT2D eigenvalue weighted by molar-refractivity contribution is -0.141. The molecule has 7 heteroatoms. The second kappa shape index (κ2) is 8.27. The standard InChI is InChI=1S/C20H30N4O3/c1-20(2)15-23(19(26)21-11-16-7-5-4-6-8-16)13-17-12-22(9-10-24(17)20)18(25)14-27-3/h4-8,17H,9-15H2,1-3H3,(H,21,26). The summed E-state index contributed by atoms with van der Waals surface area (Å²) in [7, 11) is 1.54. The van der Waals surface area contributed by atoms with E-state index < -0.39 is 0 Å². The van der Waals surface area contributed by atoms with Gasteiger partial charge in [0.05, 0.1) is 0 Å². The van der Waals surface area contributed by atoms with E-state index >= 15 is 0 Å². The summed E-state index contributed by atoms with van der Waals surface area (Å²) in [6.45, 7) is 8.44. The van der Waals surface area contributed by atoms with Crippen LogP contribution < -0.4 is 5.32 Å². The van der Waals surface area contributed by atoms with Gasteiger partial charge < -0.3 is 19.9 Å². The van der Waals surface area contributed by atoms with E-state index in [2.05, 4.69) is 24.1 Å². The van der Waals surface area contributed by atoms with Gasteiger partial charge in [-0.1, -0.05) is 30.3 Å². The van der Waals surface area contributed by atoms with Crippen molar-refractivity contribution in [3.05, 3.63) is 35.9 Å². The number of urea groups is 1. The Morgan fingerprint density at radius 2 is 1.85 bits per heavy atom. The SMILES string of the molecule is COCC(=O)N1CCN2C(C1)CN(C(=O)NCc1ccccc1)CC2(C)C. The Morgan fingerprint density at radius 3 is 2.56 bits per heavy atom. The number of carbonyl (C=O) groups is 2. The molecule has 7 nitrogen and oxygen atoms in total. The van der Waals surface area contributed by atoms with Gasteiger partial charge in [-0.05, 0) is 19.4 Å². The lowest BCUT2D eigenvalue weighted by atomic mass is 9.93. The summed E-state index contributed by atoms with van der Waals surface area (Å²) >= 11 is 0. The fourth-order valence-electron chi connectivity index (χ4n) is 4.17. The number of nitrogens with one attached hydrogen (secondary N) is 1. The van der Waals surface area contributed by atoms with Crippen LogP contribution >= 0.6 is 0 Å². The van der Waals surface area contributed by atoms with Crippen LogP contribution in [0.25, 0.3) is 0 Å². The van der Waals surface area contributed by atoms with Gasteiger partial charge in [0.25, 0.3) is 0 Å². The lowest BCUT2D eigenvalue weighted by Gasteiger charge is -2.55. The van der Waals surface area contributed by atoms with Crippen molar-refractivity contribution < 1.29 is 14.3 Å². The Kier molecular flexibility index (Phi) is 6.01. The van der Waals surface area contributed by atoms with E-state index in [4.69, 9.17) is 4.74 Å². The number of benzene rings is 1. The first-order valence-electron chi connectivity index (χ1n) is 9.51. The van der Waals surface area contributed by atoms with Crippen LogP contribution in [0.4, 0.5) is 4.79 Å². The molecule has 2 saturated heterocycles. The highest BCUT2D eigenvalue weighted by atomic mass is 16.5. The van der Waals surface area contributed by atoms with Crippen molar-refractivity contribution in [2.45, 2.75) is 32.0 Å². The van der Waals surface area contributed by atoms with Crippen molar-refractivity contribution in [3.63, 3.8) is 0 Å². The Morgan fingerprint density at radius 1 is 1.15 bits per heavy atom. The molecule has 0 radical (unpaired) electrons. The minimum Gasteiger partial charge on any atom is -0.375 e. The minimum atomic E-state index is -0.122.